The highest BCUT2D eigenvalue weighted by Crippen LogP contribution is 1.90. The van der Waals surface area contributed by atoms with Gasteiger partial charge in [-0.15, -0.1) is 0 Å². The van der Waals surface area contributed by atoms with Gasteiger partial charge in [0, 0.05) is 0 Å². The van der Waals surface area contributed by atoms with Crippen molar-refractivity contribution in [2.45, 2.75) is 26.9 Å². The lowest BCUT2D eigenvalue weighted by molar-refractivity contribution is 1.41. The average molecular weight is 113 g/mol. The van der Waals surface area contributed by atoms with Crippen molar-refractivity contribution in [3.63, 3.8) is 0 Å². The van der Waals surface area contributed by atoms with Crippen molar-refractivity contribution in [3.8, 4) is 0 Å². The van der Waals surface area contributed by atoms with E-state index in [1.54, 1.807) is 0 Å². The summed E-state index contributed by atoms with van der Waals surface area (Å²) >= 11 is 0. The van der Waals surface area contributed by atoms with Crippen LogP contribution in [-0.2, 0) is 0 Å². The highest BCUT2D eigenvalue weighted by Gasteiger charge is 1.85. The molecule has 1 heteroatoms. The lowest BCUT2D eigenvalue weighted by Crippen LogP contribution is -1.93. The van der Waals surface area contributed by atoms with Gasteiger partial charge in [0.15, 0.2) is 0 Å². The average Bonchev–Trinajstić information content (AvgIpc) is 1.27. The molecule has 0 aromatic rings. The van der Waals surface area contributed by atoms with Gasteiger partial charge in [-0.2, -0.15) is 0 Å². The first-order valence-corrected chi connectivity index (χ1v) is 5.15. The smallest absolute Gasteiger partial charge is 0.0692 e. The molecule has 0 fully saturated rings. The first-order valence-electron chi connectivity index (χ1n) is 2.58. The summed E-state index contributed by atoms with van der Waals surface area (Å²) < 4.78 is 0. The van der Waals surface area contributed by atoms with Gasteiger partial charge >= 0.3 is 0 Å². The zero-order valence-electron chi connectivity index (χ0n) is 5.58. The highest BCUT2D eigenvalue weighted by molar-refractivity contribution is 6.61. The molecule has 0 amide bonds. The quantitative estimate of drug-likeness (QED) is 0.457. The molecule has 0 bridgehead atoms. The molecule has 0 aliphatic rings. The predicted molar refractivity (Wildman–Crippen MR) is 36.9 cm³/mol. The Morgan fingerprint density at radius 1 is 1.29 bits per heavy atom. The van der Waals surface area contributed by atoms with Crippen LogP contribution in [0.15, 0.2) is 11.3 Å². The third-order valence-corrected chi connectivity index (χ3v) is 1.73. The molecular formula is C6H13Si. The van der Waals surface area contributed by atoms with E-state index in [4.69, 9.17) is 0 Å². The Hall–Kier alpha value is -0.0431. The van der Waals surface area contributed by atoms with E-state index in [2.05, 4.69) is 32.6 Å². The summed E-state index contributed by atoms with van der Waals surface area (Å²) in [5.74, 6) is 0. The van der Waals surface area contributed by atoms with Crippen molar-refractivity contribution < 1.29 is 0 Å². The largest absolute Gasteiger partial charge is 0.0980 e. The van der Waals surface area contributed by atoms with Crippen LogP contribution in [0.4, 0.5) is 0 Å². The second-order valence-electron chi connectivity index (χ2n) is 2.30. The topological polar surface area (TPSA) is 0 Å². The van der Waals surface area contributed by atoms with Crippen molar-refractivity contribution in [2.24, 2.45) is 0 Å². The third-order valence-electron chi connectivity index (χ3n) is 0.577. The summed E-state index contributed by atoms with van der Waals surface area (Å²) in [6, 6.07) is 0. The molecule has 41 valence electrons. The fraction of sp³-hybridized carbons (Fsp3) is 0.667. The maximum absolute atomic E-state index is 2.35. The van der Waals surface area contributed by atoms with Gasteiger partial charge in [0.05, 0.1) is 8.80 Å². The Labute approximate surface area is 47.9 Å². The van der Waals surface area contributed by atoms with Gasteiger partial charge in [0.2, 0.25) is 0 Å². The molecule has 0 heterocycles. The minimum absolute atomic E-state index is 0.0962. The molecular weight excluding hydrogens is 100 g/mol. The molecule has 0 atom stereocenters. The summed E-state index contributed by atoms with van der Waals surface area (Å²) in [4.78, 5) is 0. The van der Waals surface area contributed by atoms with Crippen LogP contribution < -0.4 is 0 Å². The Morgan fingerprint density at radius 2 is 1.71 bits per heavy atom. The summed E-state index contributed by atoms with van der Waals surface area (Å²) in [6.07, 6.45) is 0. The van der Waals surface area contributed by atoms with E-state index in [1.165, 1.54) is 5.57 Å². The van der Waals surface area contributed by atoms with Crippen LogP contribution >= 0.6 is 0 Å². The second-order valence-corrected chi connectivity index (χ2v) is 4.74. The number of hydrogen-bond donors (Lipinski definition) is 0. The van der Waals surface area contributed by atoms with E-state index in [0.29, 0.717) is 0 Å². The Kier molecular flexibility index (Phi) is 3.01. The summed E-state index contributed by atoms with van der Waals surface area (Å²) in [5, 5.41) is 0. The van der Waals surface area contributed by atoms with Crippen LogP contribution in [-0.4, -0.2) is 8.80 Å². The van der Waals surface area contributed by atoms with Gasteiger partial charge in [-0.25, -0.2) is 0 Å². The van der Waals surface area contributed by atoms with E-state index in [1.807, 2.05) is 0 Å². The fourth-order valence-corrected chi connectivity index (χ4v) is 1.73. The zero-order valence-corrected chi connectivity index (χ0v) is 6.58. The Morgan fingerprint density at radius 3 is 1.71 bits per heavy atom. The molecule has 0 spiro atoms. The van der Waals surface area contributed by atoms with Crippen molar-refractivity contribution >= 4 is 8.80 Å². The third kappa shape index (κ3) is 5.96. The molecule has 0 saturated heterocycles. The predicted octanol–water partition coefficient (Wildman–Crippen LogP) is 2.25. The van der Waals surface area contributed by atoms with Crippen LogP contribution in [0.1, 0.15) is 13.8 Å². The van der Waals surface area contributed by atoms with Gasteiger partial charge in [0.25, 0.3) is 0 Å². The normalized spacial score (nSPS) is 9.29. The molecule has 0 aromatic heterocycles. The lowest BCUT2D eigenvalue weighted by atomic mass is 10.4. The molecule has 0 saturated carbocycles. The number of hydrogen-bond acceptors (Lipinski definition) is 0. The van der Waals surface area contributed by atoms with Crippen LogP contribution in [0.5, 0.6) is 0 Å². The van der Waals surface area contributed by atoms with Crippen LogP contribution in [0.3, 0.4) is 0 Å². The molecule has 0 aromatic carbocycles. The van der Waals surface area contributed by atoms with E-state index in [0.717, 1.165) is 0 Å². The van der Waals surface area contributed by atoms with Crippen LogP contribution in [0.2, 0.25) is 13.1 Å². The van der Waals surface area contributed by atoms with Crippen LogP contribution in [0.25, 0.3) is 0 Å². The van der Waals surface area contributed by atoms with Gasteiger partial charge in [0.1, 0.15) is 0 Å². The van der Waals surface area contributed by atoms with Gasteiger partial charge in [-0.3, -0.25) is 0 Å². The standard InChI is InChI=1S/C6H13Si/c1-6(2)5-7(3)4/h5H,1-4H3. The van der Waals surface area contributed by atoms with E-state index in [-0.39, 0.29) is 8.80 Å². The molecule has 0 aliphatic carbocycles. The van der Waals surface area contributed by atoms with Crippen LogP contribution in [0, 0.1) is 0 Å². The first-order chi connectivity index (χ1) is 3.13. The first kappa shape index (κ1) is 6.96. The van der Waals surface area contributed by atoms with Crippen molar-refractivity contribution in [3.05, 3.63) is 11.3 Å². The monoisotopic (exact) mass is 113 g/mol. The highest BCUT2D eigenvalue weighted by atomic mass is 28.3. The SMILES string of the molecule is CC(C)=C[Si](C)C. The van der Waals surface area contributed by atoms with Gasteiger partial charge in [-0.05, 0) is 13.8 Å². The summed E-state index contributed by atoms with van der Waals surface area (Å²) in [7, 11) is -0.0962. The number of allylic oxidation sites excluding steroid dienone is 1. The summed E-state index contributed by atoms with van der Waals surface area (Å²) in [5.41, 5.74) is 3.81. The minimum atomic E-state index is -0.0962. The van der Waals surface area contributed by atoms with Crippen molar-refractivity contribution in [2.75, 3.05) is 0 Å². The molecule has 7 heavy (non-hydrogen) atoms. The van der Waals surface area contributed by atoms with E-state index >= 15 is 0 Å². The lowest BCUT2D eigenvalue weighted by Gasteiger charge is -1.90. The van der Waals surface area contributed by atoms with E-state index < -0.39 is 0 Å². The molecule has 1 radical (unpaired) electrons. The molecule has 0 rings (SSSR count). The maximum atomic E-state index is 2.35. The summed E-state index contributed by atoms with van der Waals surface area (Å²) in [6.45, 7) is 8.88. The van der Waals surface area contributed by atoms with Gasteiger partial charge < -0.3 is 0 Å². The van der Waals surface area contributed by atoms with Gasteiger partial charge in [-0.1, -0.05) is 24.4 Å². The molecule has 0 N–H and O–H groups in total. The Bertz CT molecular complexity index is 68.2. The maximum Gasteiger partial charge on any atom is 0.0692 e. The Balaban J connectivity index is 3.45. The molecule has 0 unspecified atom stereocenters. The molecule has 0 nitrogen and oxygen atoms in total. The molecule has 0 aliphatic heterocycles. The second kappa shape index (κ2) is 3.02. The number of rotatable bonds is 1. The van der Waals surface area contributed by atoms with E-state index in [9.17, 15) is 0 Å². The fourth-order valence-electron chi connectivity index (χ4n) is 0.577. The van der Waals surface area contributed by atoms with Crippen molar-refractivity contribution in [1.82, 2.24) is 0 Å². The zero-order chi connectivity index (χ0) is 5.86. The minimum Gasteiger partial charge on any atom is -0.0980 e. The van der Waals surface area contributed by atoms with Crippen molar-refractivity contribution in [1.29, 1.82) is 0 Å².